The van der Waals surface area contributed by atoms with Gasteiger partial charge in [-0.15, -0.1) is 11.3 Å². The molecule has 0 amide bonds. The first-order chi connectivity index (χ1) is 9.19. The van der Waals surface area contributed by atoms with E-state index in [1.807, 2.05) is 23.7 Å². The SMILES string of the molecule is COc1ccc(CC(C)NC(C)c2nccs2)cc1. The minimum Gasteiger partial charge on any atom is -0.497 e. The summed E-state index contributed by atoms with van der Waals surface area (Å²) in [5.41, 5.74) is 1.31. The van der Waals surface area contributed by atoms with E-state index in [9.17, 15) is 0 Å². The quantitative estimate of drug-likeness (QED) is 0.877. The van der Waals surface area contributed by atoms with Crippen molar-refractivity contribution < 1.29 is 4.74 Å². The van der Waals surface area contributed by atoms with Crippen LogP contribution in [0.25, 0.3) is 0 Å². The van der Waals surface area contributed by atoms with Crippen LogP contribution < -0.4 is 10.1 Å². The predicted octanol–water partition coefficient (Wildman–Crippen LogP) is 3.43. The van der Waals surface area contributed by atoms with Crippen LogP contribution in [0.5, 0.6) is 5.75 Å². The second kappa shape index (κ2) is 6.68. The highest BCUT2D eigenvalue weighted by atomic mass is 32.1. The highest BCUT2D eigenvalue weighted by Gasteiger charge is 2.11. The van der Waals surface area contributed by atoms with Crippen LogP contribution in [0.2, 0.25) is 0 Å². The molecular weight excluding hydrogens is 256 g/mol. The maximum atomic E-state index is 5.17. The fourth-order valence-electron chi connectivity index (χ4n) is 2.12. The molecule has 2 rings (SSSR count). The van der Waals surface area contributed by atoms with Gasteiger partial charge in [0.25, 0.3) is 0 Å². The van der Waals surface area contributed by atoms with Crippen LogP contribution in [0, 0.1) is 0 Å². The van der Waals surface area contributed by atoms with E-state index in [-0.39, 0.29) is 0 Å². The monoisotopic (exact) mass is 276 g/mol. The van der Waals surface area contributed by atoms with E-state index in [1.54, 1.807) is 18.4 Å². The smallest absolute Gasteiger partial charge is 0.118 e. The number of benzene rings is 1. The van der Waals surface area contributed by atoms with Crippen LogP contribution in [0.3, 0.4) is 0 Å². The predicted molar refractivity (Wildman–Crippen MR) is 79.8 cm³/mol. The number of nitrogens with zero attached hydrogens (tertiary/aromatic N) is 1. The Bertz CT molecular complexity index is 481. The van der Waals surface area contributed by atoms with E-state index in [0.29, 0.717) is 12.1 Å². The van der Waals surface area contributed by atoms with Gasteiger partial charge >= 0.3 is 0 Å². The van der Waals surface area contributed by atoms with Crippen LogP contribution in [0.4, 0.5) is 0 Å². The lowest BCUT2D eigenvalue weighted by Crippen LogP contribution is -2.30. The topological polar surface area (TPSA) is 34.1 Å². The van der Waals surface area contributed by atoms with Crippen LogP contribution in [0.15, 0.2) is 35.8 Å². The van der Waals surface area contributed by atoms with Crippen molar-refractivity contribution >= 4 is 11.3 Å². The lowest BCUT2D eigenvalue weighted by molar-refractivity contribution is 0.414. The number of methoxy groups -OCH3 is 1. The number of thiazole rings is 1. The molecule has 102 valence electrons. The van der Waals surface area contributed by atoms with Gasteiger partial charge in [0, 0.05) is 17.6 Å². The molecule has 1 aromatic heterocycles. The summed E-state index contributed by atoms with van der Waals surface area (Å²) in [6.07, 6.45) is 2.85. The van der Waals surface area contributed by atoms with E-state index in [4.69, 9.17) is 4.74 Å². The maximum Gasteiger partial charge on any atom is 0.118 e. The van der Waals surface area contributed by atoms with Gasteiger partial charge in [-0.25, -0.2) is 4.98 Å². The van der Waals surface area contributed by atoms with E-state index >= 15 is 0 Å². The third-order valence-electron chi connectivity index (χ3n) is 3.06. The van der Waals surface area contributed by atoms with Gasteiger partial charge in [0.2, 0.25) is 0 Å². The molecule has 1 N–H and O–H groups in total. The molecule has 0 aliphatic heterocycles. The first-order valence-corrected chi connectivity index (χ1v) is 7.35. The fourth-order valence-corrected chi connectivity index (χ4v) is 2.78. The first-order valence-electron chi connectivity index (χ1n) is 6.47. The maximum absolute atomic E-state index is 5.17. The highest BCUT2D eigenvalue weighted by Crippen LogP contribution is 2.17. The van der Waals surface area contributed by atoms with Gasteiger partial charge in [0.1, 0.15) is 10.8 Å². The molecule has 0 bridgehead atoms. The largest absolute Gasteiger partial charge is 0.497 e. The summed E-state index contributed by atoms with van der Waals surface area (Å²) in [6, 6.07) is 8.95. The number of aromatic nitrogens is 1. The van der Waals surface area contributed by atoms with E-state index < -0.39 is 0 Å². The molecule has 3 nitrogen and oxygen atoms in total. The summed E-state index contributed by atoms with van der Waals surface area (Å²) in [7, 11) is 1.69. The van der Waals surface area contributed by atoms with Crippen LogP contribution in [-0.2, 0) is 6.42 Å². The first kappa shape index (κ1) is 14.0. The molecule has 2 aromatic rings. The van der Waals surface area contributed by atoms with Gasteiger partial charge < -0.3 is 10.1 Å². The van der Waals surface area contributed by atoms with Crippen molar-refractivity contribution in [3.8, 4) is 5.75 Å². The minimum atomic E-state index is 0.299. The molecule has 19 heavy (non-hydrogen) atoms. The lowest BCUT2D eigenvalue weighted by Gasteiger charge is -2.18. The van der Waals surface area contributed by atoms with Crippen molar-refractivity contribution in [2.75, 3.05) is 7.11 Å². The molecule has 1 aromatic carbocycles. The molecular formula is C15H20N2OS. The molecule has 0 radical (unpaired) electrons. The fraction of sp³-hybridized carbons (Fsp3) is 0.400. The number of rotatable bonds is 6. The van der Waals surface area contributed by atoms with E-state index in [0.717, 1.165) is 17.2 Å². The summed E-state index contributed by atoms with van der Waals surface area (Å²) in [5.74, 6) is 0.903. The average Bonchev–Trinajstić information content (AvgIpc) is 2.93. The summed E-state index contributed by atoms with van der Waals surface area (Å²) < 4.78 is 5.17. The minimum absolute atomic E-state index is 0.299. The normalized spacial score (nSPS) is 14.1. The van der Waals surface area contributed by atoms with Crippen molar-refractivity contribution in [1.82, 2.24) is 10.3 Å². The molecule has 2 unspecified atom stereocenters. The van der Waals surface area contributed by atoms with Crippen molar-refractivity contribution in [1.29, 1.82) is 0 Å². The van der Waals surface area contributed by atoms with Gasteiger partial charge in [0.05, 0.1) is 13.2 Å². The molecule has 0 fully saturated rings. The second-order valence-corrected chi connectivity index (χ2v) is 5.64. The average molecular weight is 276 g/mol. The molecule has 0 spiro atoms. The summed E-state index contributed by atoms with van der Waals surface area (Å²) in [6.45, 7) is 4.36. The van der Waals surface area contributed by atoms with Crippen molar-refractivity contribution in [2.24, 2.45) is 0 Å². The Morgan fingerprint density at radius 2 is 2.00 bits per heavy atom. The Morgan fingerprint density at radius 1 is 1.26 bits per heavy atom. The van der Waals surface area contributed by atoms with Gasteiger partial charge in [-0.1, -0.05) is 12.1 Å². The van der Waals surface area contributed by atoms with E-state index in [2.05, 4.69) is 36.3 Å². The Kier molecular flexibility index (Phi) is 4.93. The molecule has 1 heterocycles. The lowest BCUT2D eigenvalue weighted by atomic mass is 10.1. The number of ether oxygens (including phenoxy) is 1. The molecule has 0 saturated carbocycles. The van der Waals surface area contributed by atoms with Crippen LogP contribution in [0.1, 0.15) is 30.5 Å². The summed E-state index contributed by atoms with van der Waals surface area (Å²) >= 11 is 1.69. The van der Waals surface area contributed by atoms with Crippen molar-refractivity contribution in [3.63, 3.8) is 0 Å². The number of nitrogens with one attached hydrogen (secondary N) is 1. The third-order valence-corrected chi connectivity index (χ3v) is 4.02. The molecule has 2 atom stereocenters. The highest BCUT2D eigenvalue weighted by molar-refractivity contribution is 7.09. The zero-order valence-corrected chi connectivity index (χ0v) is 12.4. The van der Waals surface area contributed by atoms with Crippen molar-refractivity contribution in [3.05, 3.63) is 46.4 Å². The van der Waals surface area contributed by atoms with Gasteiger partial charge in [0.15, 0.2) is 0 Å². The van der Waals surface area contributed by atoms with Gasteiger partial charge in [-0.2, -0.15) is 0 Å². The number of hydrogen-bond donors (Lipinski definition) is 1. The van der Waals surface area contributed by atoms with Gasteiger partial charge in [-0.3, -0.25) is 0 Å². The number of hydrogen-bond acceptors (Lipinski definition) is 4. The Morgan fingerprint density at radius 3 is 2.58 bits per heavy atom. The standard InChI is InChI=1S/C15H20N2OS/c1-11(17-12(2)15-16-8-9-19-15)10-13-4-6-14(18-3)7-5-13/h4-9,11-12,17H,10H2,1-3H3. The Labute approximate surface area is 118 Å². The zero-order chi connectivity index (χ0) is 13.7. The molecule has 0 aliphatic carbocycles. The van der Waals surface area contributed by atoms with Crippen LogP contribution in [-0.4, -0.2) is 18.1 Å². The Balaban J connectivity index is 1.88. The third kappa shape index (κ3) is 4.04. The van der Waals surface area contributed by atoms with Crippen molar-refractivity contribution in [2.45, 2.75) is 32.4 Å². The van der Waals surface area contributed by atoms with Gasteiger partial charge in [-0.05, 0) is 38.0 Å². The van der Waals surface area contributed by atoms with E-state index in [1.165, 1.54) is 5.56 Å². The zero-order valence-electron chi connectivity index (χ0n) is 11.6. The second-order valence-electron chi connectivity index (χ2n) is 4.71. The summed E-state index contributed by atoms with van der Waals surface area (Å²) in [4.78, 5) is 4.34. The molecule has 0 aliphatic rings. The summed E-state index contributed by atoms with van der Waals surface area (Å²) in [5, 5.41) is 6.73. The molecule has 0 saturated heterocycles. The molecule has 4 heteroatoms. The van der Waals surface area contributed by atoms with Crippen LogP contribution >= 0.6 is 11.3 Å². The Hall–Kier alpha value is -1.39.